The highest BCUT2D eigenvalue weighted by Gasteiger charge is 2.11. The van der Waals surface area contributed by atoms with Crippen molar-refractivity contribution in [2.24, 2.45) is 0 Å². The smallest absolute Gasteiger partial charge is 0.270 e. The summed E-state index contributed by atoms with van der Waals surface area (Å²) in [5, 5.41) is 5.95. The highest BCUT2D eigenvalue weighted by molar-refractivity contribution is 5.95. The zero-order valence-corrected chi connectivity index (χ0v) is 16.1. The van der Waals surface area contributed by atoms with Crippen LogP contribution in [0, 0.1) is 13.8 Å². The highest BCUT2D eigenvalue weighted by atomic mass is 16.1. The molecule has 28 heavy (non-hydrogen) atoms. The van der Waals surface area contributed by atoms with Gasteiger partial charge in [-0.05, 0) is 44.5 Å². The number of amides is 1. The van der Waals surface area contributed by atoms with Gasteiger partial charge >= 0.3 is 0 Å². The zero-order valence-electron chi connectivity index (χ0n) is 16.1. The maximum Gasteiger partial charge on any atom is 0.270 e. The number of aryl methyl sites for hydroxylation is 2. The van der Waals surface area contributed by atoms with E-state index in [4.69, 9.17) is 0 Å². The van der Waals surface area contributed by atoms with Crippen molar-refractivity contribution < 1.29 is 9.59 Å². The van der Waals surface area contributed by atoms with Crippen molar-refractivity contribution in [3.8, 4) is 0 Å². The Labute approximate surface area is 164 Å². The van der Waals surface area contributed by atoms with Crippen LogP contribution < -0.4 is 10.6 Å². The Kier molecular flexibility index (Phi) is 5.79. The molecule has 0 saturated carbocycles. The minimum Gasteiger partial charge on any atom is -0.347 e. The van der Waals surface area contributed by atoms with Crippen molar-refractivity contribution >= 4 is 23.3 Å². The molecule has 6 heteroatoms. The van der Waals surface area contributed by atoms with E-state index in [1.54, 1.807) is 31.2 Å². The van der Waals surface area contributed by atoms with Gasteiger partial charge in [0, 0.05) is 23.5 Å². The molecule has 2 N–H and O–H groups in total. The van der Waals surface area contributed by atoms with E-state index in [9.17, 15) is 9.59 Å². The number of carbonyl (C=O) groups is 2. The molecular weight excluding hydrogens is 352 g/mol. The molecule has 0 unspecified atom stereocenters. The van der Waals surface area contributed by atoms with Crippen LogP contribution in [0.3, 0.4) is 0 Å². The van der Waals surface area contributed by atoms with Gasteiger partial charge in [-0.2, -0.15) is 0 Å². The minimum atomic E-state index is -0.271. The normalized spacial score (nSPS) is 10.4. The number of aromatic nitrogens is 2. The first-order valence-corrected chi connectivity index (χ1v) is 8.98. The molecule has 6 nitrogen and oxygen atoms in total. The van der Waals surface area contributed by atoms with Crippen LogP contribution in [0.1, 0.15) is 44.6 Å². The number of ketones is 1. The number of nitrogens with one attached hydrogen (secondary N) is 2. The van der Waals surface area contributed by atoms with Crippen LogP contribution >= 0.6 is 0 Å². The van der Waals surface area contributed by atoms with Crippen LogP contribution in [0.4, 0.5) is 11.6 Å². The molecule has 0 saturated heterocycles. The van der Waals surface area contributed by atoms with E-state index < -0.39 is 0 Å². The van der Waals surface area contributed by atoms with Gasteiger partial charge in [0.2, 0.25) is 5.95 Å². The van der Waals surface area contributed by atoms with Crippen molar-refractivity contribution in [1.29, 1.82) is 0 Å². The third kappa shape index (κ3) is 5.01. The average Bonchev–Trinajstić information content (AvgIpc) is 2.66. The Morgan fingerprint density at radius 2 is 1.75 bits per heavy atom. The predicted molar refractivity (Wildman–Crippen MR) is 109 cm³/mol. The molecule has 3 rings (SSSR count). The molecule has 1 amide bonds. The molecule has 0 fully saturated rings. The third-order valence-electron chi connectivity index (χ3n) is 4.15. The van der Waals surface area contributed by atoms with Crippen LogP contribution in [-0.2, 0) is 6.54 Å². The summed E-state index contributed by atoms with van der Waals surface area (Å²) in [4.78, 5) is 32.7. The second-order valence-electron chi connectivity index (χ2n) is 6.65. The Morgan fingerprint density at radius 3 is 2.50 bits per heavy atom. The molecule has 2 aromatic carbocycles. The van der Waals surface area contributed by atoms with Gasteiger partial charge in [-0.3, -0.25) is 9.59 Å². The van der Waals surface area contributed by atoms with Gasteiger partial charge in [-0.15, -0.1) is 0 Å². The second-order valence-corrected chi connectivity index (χ2v) is 6.65. The van der Waals surface area contributed by atoms with Crippen LogP contribution in [0.25, 0.3) is 0 Å². The number of benzene rings is 2. The fourth-order valence-corrected chi connectivity index (χ4v) is 2.78. The summed E-state index contributed by atoms with van der Waals surface area (Å²) in [5.41, 5.74) is 4.40. The summed E-state index contributed by atoms with van der Waals surface area (Å²) in [7, 11) is 0. The molecule has 0 aliphatic heterocycles. The number of nitrogens with zero attached hydrogens (tertiary/aromatic N) is 2. The van der Waals surface area contributed by atoms with E-state index in [-0.39, 0.29) is 17.4 Å². The first-order chi connectivity index (χ1) is 13.4. The summed E-state index contributed by atoms with van der Waals surface area (Å²) < 4.78 is 0. The van der Waals surface area contributed by atoms with Gasteiger partial charge in [0.15, 0.2) is 5.78 Å². The van der Waals surface area contributed by atoms with Gasteiger partial charge in [0.05, 0.1) is 0 Å². The number of Topliss-reactive ketones (excluding diaryl/α,β-unsaturated/α-hetero) is 1. The van der Waals surface area contributed by atoms with Crippen LogP contribution in [0.15, 0.2) is 54.6 Å². The lowest BCUT2D eigenvalue weighted by Crippen LogP contribution is -2.24. The van der Waals surface area contributed by atoms with E-state index in [0.29, 0.717) is 29.4 Å². The summed E-state index contributed by atoms with van der Waals surface area (Å²) in [5.74, 6) is 0.0129. The quantitative estimate of drug-likeness (QED) is 0.638. The topological polar surface area (TPSA) is 84.0 Å². The van der Waals surface area contributed by atoms with Crippen molar-refractivity contribution in [2.45, 2.75) is 27.3 Å². The molecule has 0 bridgehead atoms. The molecule has 0 atom stereocenters. The Hall–Kier alpha value is -3.54. The minimum absolute atomic E-state index is 0.0231. The summed E-state index contributed by atoms with van der Waals surface area (Å²) in [6.45, 7) is 5.75. The lowest BCUT2D eigenvalue weighted by atomic mass is 10.1. The second kappa shape index (κ2) is 8.43. The largest absolute Gasteiger partial charge is 0.347 e. The fraction of sp³-hybridized carbons (Fsp3) is 0.182. The molecule has 0 spiro atoms. The molecule has 1 aromatic heterocycles. The van der Waals surface area contributed by atoms with E-state index in [1.165, 1.54) is 6.92 Å². The summed E-state index contributed by atoms with van der Waals surface area (Å²) >= 11 is 0. The third-order valence-corrected chi connectivity index (χ3v) is 4.15. The van der Waals surface area contributed by atoms with E-state index in [2.05, 4.69) is 20.6 Å². The standard InChI is InChI=1S/C22H22N4O2/c1-14-6-4-7-17(10-14)13-23-21(28)20-11-15(2)24-22(26-20)25-19-9-5-8-18(12-19)16(3)27/h4-12H,13H2,1-3H3,(H,23,28)(H,24,25,26). The van der Waals surface area contributed by atoms with Crippen LogP contribution in [0.2, 0.25) is 0 Å². The van der Waals surface area contributed by atoms with E-state index in [1.807, 2.05) is 37.3 Å². The highest BCUT2D eigenvalue weighted by Crippen LogP contribution is 2.16. The fourth-order valence-electron chi connectivity index (χ4n) is 2.78. The molecule has 1 heterocycles. The summed E-state index contributed by atoms with van der Waals surface area (Å²) in [6.07, 6.45) is 0. The van der Waals surface area contributed by atoms with Gasteiger partial charge in [-0.25, -0.2) is 9.97 Å². The Bertz CT molecular complexity index is 1030. The number of anilines is 2. The van der Waals surface area contributed by atoms with Gasteiger partial charge in [-0.1, -0.05) is 42.0 Å². The van der Waals surface area contributed by atoms with Crippen molar-refractivity contribution in [3.05, 3.63) is 82.7 Å². The molecule has 0 aliphatic rings. The zero-order chi connectivity index (χ0) is 20.1. The van der Waals surface area contributed by atoms with Crippen molar-refractivity contribution in [2.75, 3.05) is 5.32 Å². The van der Waals surface area contributed by atoms with E-state index in [0.717, 1.165) is 11.1 Å². The molecule has 0 aliphatic carbocycles. The van der Waals surface area contributed by atoms with Gasteiger partial charge in [0.25, 0.3) is 5.91 Å². The SMILES string of the molecule is CC(=O)c1cccc(Nc2nc(C)cc(C(=O)NCc3cccc(C)c3)n2)c1. The molecule has 3 aromatic rings. The van der Waals surface area contributed by atoms with Crippen LogP contribution in [-0.4, -0.2) is 21.7 Å². The van der Waals surface area contributed by atoms with Crippen molar-refractivity contribution in [1.82, 2.24) is 15.3 Å². The van der Waals surface area contributed by atoms with Gasteiger partial charge in [0.1, 0.15) is 5.69 Å². The maximum absolute atomic E-state index is 12.5. The first-order valence-electron chi connectivity index (χ1n) is 8.98. The van der Waals surface area contributed by atoms with E-state index >= 15 is 0 Å². The lowest BCUT2D eigenvalue weighted by Gasteiger charge is -2.10. The first kappa shape index (κ1) is 19.2. The average molecular weight is 374 g/mol. The molecular formula is C22H22N4O2. The number of hydrogen-bond acceptors (Lipinski definition) is 5. The molecule has 0 radical (unpaired) electrons. The van der Waals surface area contributed by atoms with Gasteiger partial charge < -0.3 is 10.6 Å². The lowest BCUT2D eigenvalue weighted by molar-refractivity contribution is 0.0945. The van der Waals surface area contributed by atoms with Crippen molar-refractivity contribution in [3.63, 3.8) is 0 Å². The number of carbonyl (C=O) groups excluding carboxylic acids is 2. The Balaban J connectivity index is 1.74. The summed E-state index contributed by atoms with van der Waals surface area (Å²) in [6, 6.07) is 16.7. The van der Waals surface area contributed by atoms with Crippen LogP contribution in [0.5, 0.6) is 0 Å². The maximum atomic E-state index is 12.5. The molecule has 142 valence electrons. The number of rotatable bonds is 6. The number of hydrogen-bond donors (Lipinski definition) is 2. The predicted octanol–water partition coefficient (Wildman–Crippen LogP) is 3.97. The monoisotopic (exact) mass is 374 g/mol. The Morgan fingerprint density at radius 1 is 0.964 bits per heavy atom.